The molecule has 1 atom stereocenters. The van der Waals surface area contributed by atoms with Crippen LogP contribution in [-0.4, -0.2) is 68.7 Å². The van der Waals surface area contributed by atoms with Crippen LogP contribution in [-0.2, 0) is 20.7 Å². The van der Waals surface area contributed by atoms with Gasteiger partial charge >= 0.3 is 11.8 Å². The molecule has 0 radical (unpaired) electrons. The number of likely N-dealkylation sites (N-methyl/N-ethyl adjacent to an activating group) is 1. The van der Waals surface area contributed by atoms with Crippen molar-refractivity contribution in [2.45, 2.75) is 38.8 Å². The van der Waals surface area contributed by atoms with E-state index in [9.17, 15) is 9.59 Å². The highest BCUT2D eigenvalue weighted by Crippen LogP contribution is 2.31. The summed E-state index contributed by atoms with van der Waals surface area (Å²) in [4.78, 5) is 29.0. The molecule has 0 unspecified atom stereocenters. The Morgan fingerprint density at radius 2 is 1.86 bits per heavy atom. The first-order valence-corrected chi connectivity index (χ1v) is 10.0. The fourth-order valence-electron chi connectivity index (χ4n) is 3.81. The van der Waals surface area contributed by atoms with Crippen LogP contribution in [0, 0.1) is 0 Å². The van der Waals surface area contributed by atoms with Crippen molar-refractivity contribution in [2.24, 2.45) is 0 Å². The molecule has 1 aromatic carbocycles. The number of anilines is 1. The third-order valence-electron chi connectivity index (χ3n) is 5.25. The highest BCUT2D eigenvalue weighted by Gasteiger charge is 2.27. The van der Waals surface area contributed by atoms with Gasteiger partial charge in [0.1, 0.15) is 0 Å². The minimum Gasteiger partial charge on any atom is -0.379 e. The van der Waals surface area contributed by atoms with Crippen molar-refractivity contribution < 1.29 is 14.3 Å². The second-order valence-corrected chi connectivity index (χ2v) is 8.64. The Morgan fingerprint density at radius 3 is 2.54 bits per heavy atom. The average Bonchev–Trinajstić information content (AvgIpc) is 3.02. The number of nitrogens with one attached hydrogen (secondary N) is 2. The zero-order valence-electron chi connectivity index (χ0n) is 17.4. The number of hydrogen-bond donors (Lipinski definition) is 2. The van der Waals surface area contributed by atoms with Gasteiger partial charge in [-0.3, -0.25) is 14.5 Å². The van der Waals surface area contributed by atoms with Crippen LogP contribution < -0.4 is 15.5 Å². The minimum absolute atomic E-state index is 0.0199. The van der Waals surface area contributed by atoms with E-state index in [2.05, 4.69) is 45.7 Å². The van der Waals surface area contributed by atoms with Gasteiger partial charge < -0.3 is 20.3 Å². The van der Waals surface area contributed by atoms with Crippen molar-refractivity contribution >= 4 is 17.5 Å². The lowest BCUT2D eigenvalue weighted by molar-refractivity contribution is -0.140. The summed E-state index contributed by atoms with van der Waals surface area (Å²) in [6, 6.07) is 6.58. The maximum atomic E-state index is 12.3. The Hall–Kier alpha value is -2.12. The second kappa shape index (κ2) is 8.49. The molecule has 0 aromatic heterocycles. The number of nitrogens with zero attached hydrogens (tertiary/aromatic N) is 2. The van der Waals surface area contributed by atoms with Crippen molar-refractivity contribution in [1.82, 2.24) is 15.5 Å². The van der Waals surface area contributed by atoms with Gasteiger partial charge in [-0.1, -0.05) is 12.1 Å². The van der Waals surface area contributed by atoms with Gasteiger partial charge in [-0.25, -0.2) is 0 Å². The van der Waals surface area contributed by atoms with Crippen molar-refractivity contribution in [3.8, 4) is 0 Å². The molecule has 2 heterocycles. The van der Waals surface area contributed by atoms with Crippen molar-refractivity contribution in [2.75, 3.05) is 51.3 Å². The highest BCUT2D eigenvalue weighted by molar-refractivity contribution is 6.35. The summed E-state index contributed by atoms with van der Waals surface area (Å²) in [5.74, 6) is -1.18. The average molecular weight is 389 g/mol. The van der Waals surface area contributed by atoms with Crippen LogP contribution in [0.1, 0.15) is 37.9 Å². The predicted molar refractivity (Wildman–Crippen MR) is 109 cm³/mol. The van der Waals surface area contributed by atoms with E-state index in [1.807, 2.05) is 20.8 Å². The molecule has 2 aliphatic rings. The Morgan fingerprint density at radius 1 is 1.14 bits per heavy atom. The molecule has 2 amide bonds. The quantitative estimate of drug-likeness (QED) is 0.756. The molecule has 28 heavy (non-hydrogen) atoms. The number of hydrogen-bond acceptors (Lipinski definition) is 5. The number of morpholine rings is 1. The van der Waals surface area contributed by atoms with E-state index in [0.29, 0.717) is 19.8 Å². The maximum Gasteiger partial charge on any atom is 0.309 e. The molecule has 7 nitrogen and oxygen atoms in total. The van der Waals surface area contributed by atoms with Crippen LogP contribution in [0.3, 0.4) is 0 Å². The molecule has 1 fully saturated rings. The second-order valence-electron chi connectivity index (χ2n) is 8.64. The van der Waals surface area contributed by atoms with Crippen LogP contribution in [0.4, 0.5) is 5.69 Å². The number of carbonyl (C=O) groups is 2. The first kappa shape index (κ1) is 20.6. The molecule has 3 rings (SSSR count). The first-order valence-electron chi connectivity index (χ1n) is 10.0. The summed E-state index contributed by atoms with van der Waals surface area (Å²) < 4.78 is 5.49. The third-order valence-corrected chi connectivity index (χ3v) is 5.25. The van der Waals surface area contributed by atoms with Gasteiger partial charge in [-0.15, -0.1) is 0 Å². The number of benzene rings is 1. The summed E-state index contributed by atoms with van der Waals surface area (Å²) in [5.41, 5.74) is 3.35. The number of fused-ring (bicyclic) bond motifs is 1. The molecule has 7 heteroatoms. The molecule has 0 spiro atoms. The van der Waals surface area contributed by atoms with E-state index in [1.165, 1.54) is 16.8 Å². The Labute approximate surface area is 167 Å². The molecule has 1 saturated heterocycles. The Kier molecular flexibility index (Phi) is 6.25. The molecule has 0 saturated carbocycles. The normalized spacial score (nSPS) is 18.5. The lowest BCUT2D eigenvalue weighted by Crippen LogP contribution is -2.50. The predicted octanol–water partition coefficient (Wildman–Crippen LogP) is 1.08. The van der Waals surface area contributed by atoms with E-state index in [0.717, 1.165) is 26.1 Å². The van der Waals surface area contributed by atoms with E-state index in [1.54, 1.807) is 0 Å². The zero-order chi connectivity index (χ0) is 20.3. The van der Waals surface area contributed by atoms with Crippen molar-refractivity contribution in [3.63, 3.8) is 0 Å². The minimum atomic E-state index is -0.594. The Bertz CT molecular complexity index is 723. The van der Waals surface area contributed by atoms with E-state index < -0.39 is 17.4 Å². The zero-order valence-corrected chi connectivity index (χ0v) is 17.4. The van der Waals surface area contributed by atoms with Gasteiger partial charge in [0.05, 0.1) is 19.3 Å². The number of amides is 2. The SMILES string of the molecule is CN1CCc2cc([C@H](CNC(=O)C(=O)NC(C)(C)C)N3CCOCC3)ccc21. The fraction of sp³-hybridized carbons (Fsp3) is 0.619. The maximum absolute atomic E-state index is 12.3. The first-order chi connectivity index (χ1) is 13.2. The standard InChI is InChI=1S/C21H32N4O3/c1-21(2,3)23-20(27)19(26)22-14-18(25-9-11-28-12-10-25)15-5-6-17-16(13-15)7-8-24(17)4/h5-6,13,18H,7-12,14H2,1-4H3,(H,22,26)(H,23,27)/t18-/m0/s1. The molecule has 0 aliphatic carbocycles. The molecule has 154 valence electrons. The summed E-state index contributed by atoms with van der Waals surface area (Å²) in [6.45, 7) is 9.99. The van der Waals surface area contributed by atoms with Crippen molar-refractivity contribution in [1.29, 1.82) is 0 Å². The molecule has 2 aliphatic heterocycles. The van der Waals surface area contributed by atoms with E-state index in [4.69, 9.17) is 4.74 Å². The van der Waals surface area contributed by atoms with Gasteiger partial charge in [-0.05, 0) is 44.4 Å². The number of rotatable bonds is 4. The number of ether oxygens (including phenoxy) is 1. The Balaban J connectivity index is 1.73. The molecule has 1 aromatic rings. The van der Waals surface area contributed by atoms with Gasteiger partial charge in [0.2, 0.25) is 0 Å². The van der Waals surface area contributed by atoms with Crippen LogP contribution in [0.15, 0.2) is 18.2 Å². The van der Waals surface area contributed by atoms with Crippen LogP contribution in [0.2, 0.25) is 0 Å². The largest absolute Gasteiger partial charge is 0.379 e. The summed E-state index contributed by atoms with van der Waals surface area (Å²) in [5, 5.41) is 5.54. The van der Waals surface area contributed by atoms with Gasteiger partial charge in [-0.2, -0.15) is 0 Å². The van der Waals surface area contributed by atoms with E-state index >= 15 is 0 Å². The van der Waals surface area contributed by atoms with Crippen molar-refractivity contribution in [3.05, 3.63) is 29.3 Å². The smallest absolute Gasteiger partial charge is 0.309 e. The molecular weight excluding hydrogens is 356 g/mol. The molecule has 2 N–H and O–H groups in total. The molecule has 0 bridgehead atoms. The third kappa shape index (κ3) is 5.02. The summed E-state index contributed by atoms with van der Waals surface area (Å²) >= 11 is 0. The van der Waals surface area contributed by atoms with Crippen LogP contribution in [0.25, 0.3) is 0 Å². The van der Waals surface area contributed by atoms with Gasteiger partial charge in [0, 0.05) is 44.5 Å². The lowest BCUT2D eigenvalue weighted by atomic mass is 10.0. The van der Waals surface area contributed by atoms with E-state index in [-0.39, 0.29) is 6.04 Å². The topological polar surface area (TPSA) is 73.9 Å². The lowest BCUT2D eigenvalue weighted by Gasteiger charge is -2.35. The summed E-state index contributed by atoms with van der Waals surface area (Å²) in [7, 11) is 2.11. The fourth-order valence-corrected chi connectivity index (χ4v) is 3.81. The highest BCUT2D eigenvalue weighted by atomic mass is 16.5. The van der Waals surface area contributed by atoms with Crippen LogP contribution >= 0.6 is 0 Å². The summed E-state index contributed by atoms with van der Waals surface area (Å²) in [6.07, 6.45) is 1.04. The monoisotopic (exact) mass is 388 g/mol. The van der Waals surface area contributed by atoms with Gasteiger partial charge in [0.15, 0.2) is 0 Å². The molecular formula is C21H32N4O3. The van der Waals surface area contributed by atoms with Gasteiger partial charge in [0.25, 0.3) is 0 Å². The number of carbonyl (C=O) groups excluding carboxylic acids is 2. The van der Waals surface area contributed by atoms with Crippen LogP contribution in [0.5, 0.6) is 0 Å².